The van der Waals surface area contributed by atoms with Gasteiger partial charge in [0.25, 0.3) is 11.5 Å². The molecule has 0 aliphatic carbocycles. The van der Waals surface area contributed by atoms with Crippen LogP contribution in [0.4, 0.5) is 13.2 Å². The lowest BCUT2D eigenvalue weighted by Crippen LogP contribution is -2.40. The van der Waals surface area contributed by atoms with Crippen LogP contribution in [0.5, 0.6) is 0 Å². The molecule has 23 heavy (non-hydrogen) atoms. The van der Waals surface area contributed by atoms with Gasteiger partial charge >= 0.3 is 6.18 Å². The average Bonchev–Trinajstić information content (AvgIpc) is 2.44. The second kappa shape index (κ2) is 6.45. The molecule has 1 atom stereocenters. The topological polar surface area (TPSA) is 62.0 Å². The second-order valence-electron chi connectivity index (χ2n) is 4.88. The number of amides is 1. The Balaban J connectivity index is 2.33. The maximum Gasteiger partial charge on any atom is 0.412 e. The zero-order valence-corrected chi connectivity index (χ0v) is 12.6. The zero-order valence-electron chi connectivity index (χ0n) is 11.9. The summed E-state index contributed by atoms with van der Waals surface area (Å²) in [5, 5.41) is 2.12. The quantitative estimate of drug-likeness (QED) is 0.896. The van der Waals surface area contributed by atoms with E-state index in [2.05, 4.69) is 4.98 Å². The van der Waals surface area contributed by atoms with Crippen LogP contribution in [0.3, 0.4) is 0 Å². The summed E-state index contributed by atoms with van der Waals surface area (Å²) in [4.78, 5) is 26.1. The molecule has 8 heteroatoms. The molecule has 0 saturated carbocycles. The molecule has 2 aromatic rings. The normalized spacial score (nSPS) is 12.7. The molecular weight excluding hydrogens is 333 g/mol. The average molecular weight is 345 g/mol. The van der Waals surface area contributed by atoms with Gasteiger partial charge in [0.15, 0.2) is 6.04 Å². The Kier molecular flexibility index (Phi) is 4.79. The maximum absolute atomic E-state index is 13.2. The number of halogens is 4. The minimum Gasteiger partial charge on any atom is -0.337 e. The van der Waals surface area contributed by atoms with Gasteiger partial charge in [0, 0.05) is 10.7 Å². The fraction of sp³-hybridized carbons (Fsp3) is 0.200. The number of aromatic nitrogens is 1. The van der Waals surface area contributed by atoms with E-state index in [1.807, 2.05) is 5.32 Å². The number of hydrogen-bond donors (Lipinski definition) is 2. The van der Waals surface area contributed by atoms with Gasteiger partial charge in [-0.15, -0.1) is 0 Å². The van der Waals surface area contributed by atoms with Crippen LogP contribution in [-0.4, -0.2) is 17.1 Å². The molecule has 0 aliphatic rings. The van der Waals surface area contributed by atoms with Gasteiger partial charge in [0.05, 0.1) is 0 Å². The summed E-state index contributed by atoms with van der Waals surface area (Å²) < 4.78 is 39.6. The molecule has 1 aromatic carbocycles. The molecular formula is C15H12ClF3N2O2. The first-order chi connectivity index (χ1) is 10.7. The first kappa shape index (κ1) is 17.1. The molecule has 2 N–H and O–H groups in total. The maximum atomic E-state index is 13.2. The standard InChI is InChI=1S/C15H12ClF3N2O2/c1-8-2-7-11(13(22)20-8)14(23)21-12(15(17,18)19)9-3-5-10(16)6-4-9/h2-7,12H,1H3,(H,20,22)(H,21,23). The van der Waals surface area contributed by atoms with Gasteiger partial charge < -0.3 is 10.3 Å². The summed E-state index contributed by atoms with van der Waals surface area (Å²) in [6.07, 6.45) is -4.72. The Morgan fingerprint density at radius 3 is 2.30 bits per heavy atom. The highest BCUT2D eigenvalue weighted by atomic mass is 35.5. The summed E-state index contributed by atoms with van der Waals surface area (Å²) in [5.74, 6) is -1.11. The smallest absolute Gasteiger partial charge is 0.337 e. The molecule has 0 saturated heterocycles. The minimum absolute atomic E-state index is 0.182. The molecule has 0 spiro atoms. The fourth-order valence-corrected chi connectivity index (χ4v) is 2.10. The van der Waals surface area contributed by atoms with E-state index in [1.165, 1.54) is 36.4 Å². The van der Waals surface area contributed by atoms with Gasteiger partial charge in [-0.2, -0.15) is 13.2 Å². The highest BCUT2D eigenvalue weighted by Gasteiger charge is 2.42. The van der Waals surface area contributed by atoms with Crippen molar-refractivity contribution in [2.75, 3.05) is 0 Å². The van der Waals surface area contributed by atoms with E-state index in [9.17, 15) is 22.8 Å². The monoisotopic (exact) mass is 344 g/mol. The summed E-state index contributed by atoms with van der Waals surface area (Å²) in [5.41, 5.74) is -0.825. The van der Waals surface area contributed by atoms with E-state index >= 15 is 0 Å². The first-order valence-corrected chi connectivity index (χ1v) is 6.89. The van der Waals surface area contributed by atoms with Crippen LogP contribution in [0.2, 0.25) is 5.02 Å². The predicted octanol–water partition coefficient (Wildman–Crippen LogP) is 3.37. The van der Waals surface area contributed by atoms with Crippen molar-refractivity contribution < 1.29 is 18.0 Å². The Labute approximate surface area is 134 Å². The largest absolute Gasteiger partial charge is 0.412 e. The molecule has 122 valence electrons. The van der Waals surface area contributed by atoms with Gasteiger partial charge in [-0.3, -0.25) is 9.59 Å². The Morgan fingerprint density at radius 2 is 1.78 bits per heavy atom. The van der Waals surface area contributed by atoms with Crippen LogP contribution >= 0.6 is 11.6 Å². The lowest BCUT2D eigenvalue weighted by molar-refractivity contribution is -0.155. The Hall–Kier alpha value is -2.28. The van der Waals surface area contributed by atoms with Crippen LogP contribution in [0.1, 0.15) is 27.7 Å². The van der Waals surface area contributed by atoms with Crippen molar-refractivity contribution in [3.8, 4) is 0 Å². The zero-order chi connectivity index (χ0) is 17.2. The summed E-state index contributed by atoms with van der Waals surface area (Å²) in [7, 11) is 0. The molecule has 0 bridgehead atoms. The summed E-state index contributed by atoms with van der Waals surface area (Å²) in [6.45, 7) is 1.59. The molecule has 1 unspecified atom stereocenters. The SMILES string of the molecule is Cc1ccc(C(=O)NC(c2ccc(Cl)cc2)C(F)(F)F)c(=O)[nH]1. The lowest BCUT2D eigenvalue weighted by Gasteiger charge is -2.22. The number of H-pyrrole nitrogens is 1. The number of benzene rings is 1. The van der Waals surface area contributed by atoms with Crippen LogP contribution in [-0.2, 0) is 0 Å². The van der Waals surface area contributed by atoms with Crippen LogP contribution in [0, 0.1) is 6.92 Å². The van der Waals surface area contributed by atoms with Crippen LogP contribution in [0.25, 0.3) is 0 Å². The van der Waals surface area contributed by atoms with E-state index < -0.39 is 23.7 Å². The van der Waals surface area contributed by atoms with Gasteiger partial charge in [0.2, 0.25) is 0 Å². The summed E-state index contributed by atoms with van der Waals surface area (Å²) >= 11 is 5.65. The number of nitrogens with one attached hydrogen (secondary N) is 2. The van der Waals surface area contributed by atoms with Crippen molar-refractivity contribution in [2.24, 2.45) is 0 Å². The summed E-state index contributed by atoms with van der Waals surface area (Å²) in [6, 6.07) is 5.29. The van der Waals surface area contributed by atoms with E-state index in [0.717, 1.165) is 0 Å². The highest BCUT2D eigenvalue weighted by molar-refractivity contribution is 6.30. The number of aromatic amines is 1. The number of aryl methyl sites for hydroxylation is 1. The number of carbonyl (C=O) groups excluding carboxylic acids is 1. The van der Waals surface area contributed by atoms with E-state index in [0.29, 0.717) is 5.69 Å². The number of carbonyl (C=O) groups is 1. The van der Waals surface area contributed by atoms with Crippen LogP contribution in [0.15, 0.2) is 41.2 Å². The third-order valence-corrected chi connectivity index (χ3v) is 3.36. The van der Waals surface area contributed by atoms with Crippen molar-refractivity contribution >= 4 is 17.5 Å². The fourth-order valence-electron chi connectivity index (χ4n) is 1.97. The predicted molar refractivity (Wildman–Crippen MR) is 79.5 cm³/mol. The number of hydrogen-bond acceptors (Lipinski definition) is 2. The van der Waals surface area contributed by atoms with Crippen molar-refractivity contribution in [3.63, 3.8) is 0 Å². The molecule has 2 rings (SSSR count). The van der Waals surface area contributed by atoms with E-state index in [4.69, 9.17) is 11.6 Å². The van der Waals surface area contributed by atoms with Crippen molar-refractivity contribution in [2.45, 2.75) is 19.1 Å². The molecule has 1 heterocycles. The third kappa shape index (κ3) is 4.13. The molecule has 0 aliphatic heterocycles. The van der Waals surface area contributed by atoms with Crippen molar-refractivity contribution in [1.29, 1.82) is 0 Å². The number of alkyl halides is 3. The van der Waals surface area contributed by atoms with Gasteiger partial charge in [-0.05, 0) is 36.8 Å². The molecule has 0 radical (unpaired) electrons. The molecule has 1 aromatic heterocycles. The molecule has 0 fully saturated rings. The molecule has 4 nitrogen and oxygen atoms in total. The van der Waals surface area contributed by atoms with Crippen molar-refractivity contribution in [3.05, 3.63) is 68.6 Å². The Bertz CT molecular complexity index is 770. The lowest BCUT2D eigenvalue weighted by atomic mass is 10.1. The highest BCUT2D eigenvalue weighted by Crippen LogP contribution is 2.33. The van der Waals surface area contributed by atoms with Gasteiger partial charge in [-0.25, -0.2) is 0 Å². The first-order valence-electron chi connectivity index (χ1n) is 6.51. The molecule has 1 amide bonds. The number of rotatable bonds is 3. The van der Waals surface area contributed by atoms with E-state index in [1.54, 1.807) is 6.92 Å². The third-order valence-electron chi connectivity index (χ3n) is 3.11. The van der Waals surface area contributed by atoms with Gasteiger partial charge in [0.1, 0.15) is 5.56 Å². The van der Waals surface area contributed by atoms with E-state index in [-0.39, 0.29) is 16.1 Å². The minimum atomic E-state index is -4.72. The number of pyridine rings is 1. The van der Waals surface area contributed by atoms with Crippen LogP contribution < -0.4 is 10.9 Å². The second-order valence-corrected chi connectivity index (χ2v) is 5.32. The van der Waals surface area contributed by atoms with Gasteiger partial charge in [-0.1, -0.05) is 23.7 Å². The Morgan fingerprint density at radius 1 is 1.17 bits per heavy atom. The van der Waals surface area contributed by atoms with Crippen molar-refractivity contribution in [1.82, 2.24) is 10.3 Å².